The quantitative estimate of drug-likeness (QED) is 0.371. The average Bonchev–Trinajstić information content (AvgIpc) is 3.16. The van der Waals surface area contributed by atoms with Gasteiger partial charge in [-0.05, 0) is 37.8 Å². The number of benzene rings is 2. The highest BCUT2D eigenvalue weighted by Crippen LogP contribution is 2.43. The van der Waals surface area contributed by atoms with Crippen molar-refractivity contribution in [3.8, 4) is 0 Å². The van der Waals surface area contributed by atoms with E-state index >= 15 is 0 Å². The van der Waals surface area contributed by atoms with E-state index in [0.29, 0.717) is 24.1 Å². The predicted octanol–water partition coefficient (Wildman–Crippen LogP) is 1.19. The smallest absolute Gasteiger partial charge is 0.306 e. The average molecular weight is 555 g/mol. The molecule has 3 amide bonds. The van der Waals surface area contributed by atoms with Gasteiger partial charge in [0.15, 0.2) is 0 Å². The fourth-order valence-corrected chi connectivity index (χ4v) is 6.30. The standard InChI is InChI=1S/C27H30N4O7S/c1-17(26(34)30-21(25(28)33)13-14-23(32)38-16-18-8-3-2-4-9-18)29-27(35)20-11-7-15-31-24(20)19-10-5-6-12-22(19)39(31,36)37/h2-6,8-10,12,17,21H,7,11,13-16H2,1H3,(H2,28,33)(H,29,35)(H,30,34)/t17-,21+/m0/s1. The number of fused-ring (bicyclic) bond motifs is 3. The van der Waals surface area contributed by atoms with Crippen molar-refractivity contribution in [2.75, 3.05) is 6.54 Å². The van der Waals surface area contributed by atoms with Crippen molar-refractivity contribution < 1.29 is 32.3 Å². The molecule has 0 spiro atoms. The van der Waals surface area contributed by atoms with Crippen LogP contribution in [0, 0.1) is 0 Å². The number of rotatable bonds is 10. The molecule has 2 aliphatic rings. The first-order valence-electron chi connectivity index (χ1n) is 12.5. The first-order valence-corrected chi connectivity index (χ1v) is 14.0. The van der Waals surface area contributed by atoms with Crippen molar-refractivity contribution in [3.63, 3.8) is 0 Å². The minimum absolute atomic E-state index is 0.0751. The van der Waals surface area contributed by atoms with Crippen molar-refractivity contribution in [1.82, 2.24) is 14.9 Å². The largest absolute Gasteiger partial charge is 0.461 e. The molecule has 0 aliphatic carbocycles. The highest BCUT2D eigenvalue weighted by atomic mass is 32.2. The molecule has 4 N–H and O–H groups in total. The Bertz CT molecular complexity index is 1420. The van der Waals surface area contributed by atoms with Gasteiger partial charge in [-0.25, -0.2) is 8.42 Å². The van der Waals surface area contributed by atoms with Crippen molar-refractivity contribution >= 4 is 39.4 Å². The summed E-state index contributed by atoms with van der Waals surface area (Å²) in [6.45, 7) is 1.77. The lowest BCUT2D eigenvalue weighted by molar-refractivity contribution is -0.145. The van der Waals surface area contributed by atoms with Crippen LogP contribution in [0.4, 0.5) is 0 Å². The van der Waals surface area contributed by atoms with Gasteiger partial charge in [0, 0.05) is 24.1 Å². The molecular weight excluding hydrogens is 524 g/mol. The highest BCUT2D eigenvalue weighted by Gasteiger charge is 2.42. The first kappa shape index (κ1) is 27.8. The van der Waals surface area contributed by atoms with Gasteiger partial charge in [-0.15, -0.1) is 0 Å². The number of nitrogens with one attached hydrogen (secondary N) is 2. The lowest BCUT2D eigenvalue weighted by Crippen LogP contribution is -2.52. The van der Waals surface area contributed by atoms with E-state index in [2.05, 4.69) is 10.6 Å². The number of nitrogens with two attached hydrogens (primary N) is 1. The molecule has 0 unspecified atom stereocenters. The summed E-state index contributed by atoms with van der Waals surface area (Å²) in [4.78, 5) is 50.1. The van der Waals surface area contributed by atoms with Crippen LogP contribution in [-0.2, 0) is 40.5 Å². The molecule has 2 heterocycles. The van der Waals surface area contributed by atoms with Gasteiger partial charge in [-0.2, -0.15) is 0 Å². The number of esters is 1. The predicted molar refractivity (Wildman–Crippen MR) is 141 cm³/mol. The summed E-state index contributed by atoms with van der Waals surface area (Å²) in [5, 5.41) is 5.06. The van der Waals surface area contributed by atoms with Gasteiger partial charge in [0.25, 0.3) is 10.0 Å². The monoisotopic (exact) mass is 554 g/mol. The number of hydrogen-bond donors (Lipinski definition) is 3. The Morgan fingerprint density at radius 3 is 2.44 bits per heavy atom. The number of amides is 3. The number of carbonyl (C=O) groups is 4. The fourth-order valence-electron chi connectivity index (χ4n) is 4.55. The summed E-state index contributed by atoms with van der Waals surface area (Å²) in [5.41, 5.74) is 7.27. The molecule has 0 aromatic heterocycles. The molecule has 206 valence electrons. The van der Waals surface area contributed by atoms with E-state index in [9.17, 15) is 27.6 Å². The second-order valence-electron chi connectivity index (χ2n) is 9.35. The zero-order valence-electron chi connectivity index (χ0n) is 21.4. The Kier molecular flexibility index (Phi) is 8.34. The van der Waals surface area contributed by atoms with Crippen molar-refractivity contribution in [2.24, 2.45) is 5.73 Å². The van der Waals surface area contributed by atoms with E-state index in [4.69, 9.17) is 10.5 Å². The maximum atomic E-state index is 13.2. The molecular formula is C27H30N4O7S. The van der Waals surface area contributed by atoms with Crippen LogP contribution in [0.1, 0.15) is 43.7 Å². The van der Waals surface area contributed by atoms with Gasteiger partial charge in [0.05, 0.1) is 10.6 Å². The van der Waals surface area contributed by atoms with E-state index in [1.807, 2.05) is 18.2 Å². The number of nitrogens with zero attached hydrogens (tertiary/aromatic N) is 1. The lowest BCUT2D eigenvalue weighted by Gasteiger charge is -2.27. The van der Waals surface area contributed by atoms with Gasteiger partial charge < -0.3 is 21.1 Å². The second kappa shape index (κ2) is 11.7. The number of hydrogen-bond acceptors (Lipinski definition) is 7. The number of ether oxygens (including phenoxy) is 1. The van der Waals surface area contributed by atoms with Gasteiger partial charge in [0.1, 0.15) is 18.7 Å². The van der Waals surface area contributed by atoms with Crippen LogP contribution in [0.3, 0.4) is 0 Å². The minimum atomic E-state index is -3.75. The van der Waals surface area contributed by atoms with Gasteiger partial charge in [0.2, 0.25) is 17.7 Å². The molecule has 11 nitrogen and oxygen atoms in total. The maximum absolute atomic E-state index is 13.2. The van der Waals surface area contributed by atoms with Gasteiger partial charge in [-0.3, -0.25) is 23.5 Å². The molecule has 0 fully saturated rings. The van der Waals surface area contributed by atoms with E-state index in [-0.39, 0.29) is 36.5 Å². The molecule has 12 heteroatoms. The Hall–Kier alpha value is -4.19. The molecule has 2 aromatic rings. The molecule has 2 aromatic carbocycles. The number of carbonyl (C=O) groups excluding carboxylic acids is 4. The third-order valence-electron chi connectivity index (χ3n) is 6.59. The van der Waals surface area contributed by atoms with Crippen LogP contribution >= 0.6 is 0 Å². The Morgan fingerprint density at radius 2 is 1.72 bits per heavy atom. The third-order valence-corrected chi connectivity index (χ3v) is 8.45. The third kappa shape index (κ3) is 6.11. The Morgan fingerprint density at radius 1 is 1.03 bits per heavy atom. The number of primary amides is 1. The van der Waals surface area contributed by atoms with Gasteiger partial charge in [-0.1, -0.05) is 48.5 Å². The van der Waals surface area contributed by atoms with E-state index in [1.165, 1.54) is 17.3 Å². The summed E-state index contributed by atoms with van der Waals surface area (Å²) >= 11 is 0. The summed E-state index contributed by atoms with van der Waals surface area (Å²) in [6, 6.07) is 13.3. The van der Waals surface area contributed by atoms with Gasteiger partial charge >= 0.3 is 5.97 Å². The molecule has 39 heavy (non-hydrogen) atoms. The van der Waals surface area contributed by atoms with Crippen LogP contribution < -0.4 is 16.4 Å². The molecule has 0 bridgehead atoms. The molecule has 2 aliphatic heterocycles. The molecule has 2 atom stereocenters. The molecule has 4 rings (SSSR count). The summed E-state index contributed by atoms with van der Waals surface area (Å²) in [6.07, 6.45) is 0.560. The van der Waals surface area contributed by atoms with Crippen molar-refractivity contribution in [3.05, 3.63) is 71.3 Å². The summed E-state index contributed by atoms with van der Waals surface area (Å²) < 4.78 is 32.3. The van der Waals surface area contributed by atoms with Crippen LogP contribution in [0.2, 0.25) is 0 Å². The van der Waals surface area contributed by atoms with E-state index in [0.717, 1.165) is 5.56 Å². The van der Waals surface area contributed by atoms with E-state index in [1.54, 1.807) is 30.3 Å². The SMILES string of the molecule is C[C@H](NC(=O)C1=C2c3ccccc3S(=O)(=O)N2CCC1)C(=O)N[C@H](CCC(=O)OCc1ccccc1)C(N)=O. The fraction of sp³-hybridized carbons (Fsp3) is 0.333. The molecule has 0 saturated heterocycles. The second-order valence-corrected chi connectivity index (χ2v) is 11.2. The van der Waals surface area contributed by atoms with Crippen LogP contribution in [-0.4, -0.2) is 55.0 Å². The van der Waals surface area contributed by atoms with E-state index < -0.39 is 45.8 Å². The highest BCUT2D eigenvalue weighted by molar-refractivity contribution is 7.90. The van der Waals surface area contributed by atoms with Crippen molar-refractivity contribution in [2.45, 2.75) is 56.2 Å². The Balaban J connectivity index is 1.37. The summed E-state index contributed by atoms with van der Waals surface area (Å²) in [7, 11) is -3.75. The molecule has 0 saturated carbocycles. The zero-order valence-corrected chi connectivity index (χ0v) is 22.2. The molecule has 0 radical (unpaired) electrons. The zero-order chi connectivity index (χ0) is 28.2. The summed E-state index contributed by atoms with van der Waals surface area (Å²) in [5.74, 6) is -2.65. The minimum Gasteiger partial charge on any atom is -0.461 e. The first-order chi connectivity index (χ1) is 18.6. The maximum Gasteiger partial charge on any atom is 0.306 e. The van der Waals surface area contributed by atoms with Crippen LogP contribution in [0.15, 0.2) is 65.1 Å². The Labute approximate surface area is 226 Å². The lowest BCUT2D eigenvalue weighted by atomic mass is 9.98. The van der Waals surface area contributed by atoms with Crippen LogP contribution in [0.5, 0.6) is 0 Å². The number of sulfonamides is 1. The normalized spacial score (nSPS) is 16.9. The van der Waals surface area contributed by atoms with Crippen LogP contribution in [0.25, 0.3) is 5.70 Å². The van der Waals surface area contributed by atoms with Crippen molar-refractivity contribution in [1.29, 1.82) is 0 Å². The topological polar surface area (TPSA) is 165 Å².